The highest BCUT2D eigenvalue weighted by Gasteiger charge is 2.44. The molecule has 2 fully saturated rings. The van der Waals surface area contributed by atoms with Gasteiger partial charge in [-0.3, -0.25) is 0 Å². The summed E-state index contributed by atoms with van der Waals surface area (Å²) in [6.07, 6.45) is 1.96. The second-order valence-electron chi connectivity index (χ2n) is 3.44. The number of hydrogen-bond donors (Lipinski definition) is 1. The van der Waals surface area contributed by atoms with Gasteiger partial charge >= 0.3 is 0 Å². The fourth-order valence-electron chi connectivity index (χ4n) is 2.17. The maximum Gasteiger partial charge on any atom is 0.0858 e. The van der Waals surface area contributed by atoms with Crippen LogP contribution in [0.25, 0.3) is 0 Å². The molecule has 3 heteroatoms. The molecule has 1 heterocycles. The van der Waals surface area contributed by atoms with Crippen molar-refractivity contribution >= 4 is 0 Å². The van der Waals surface area contributed by atoms with Gasteiger partial charge < -0.3 is 14.6 Å². The van der Waals surface area contributed by atoms with Gasteiger partial charge in [-0.1, -0.05) is 0 Å². The minimum absolute atomic E-state index is 0.164. The third-order valence-corrected chi connectivity index (χ3v) is 2.78. The lowest BCUT2D eigenvalue weighted by Gasteiger charge is -2.13. The van der Waals surface area contributed by atoms with E-state index in [-0.39, 0.29) is 18.3 Å². The number of hydrogen-bond acceptors (Lipinski definition) is 3. The number of aliphatic hydroxyl groups excluding tert-OH is 1. The van der Waals surface area contributed by atoms with E-state index >= 15 is 0 Å². The van der Waals surface area contributed by atoms with Crippen LogP contribution in [-0.2, 0) is 9.47 Å². The molecule has 0 radical (unpaired) electrons. The molecule has 64 valence electrons. The molecule has 1 aliphatic heterocycles. The maximum atomic E-state index is 9.31. The Bertz CT molecular complexity index is 146. The van der Waals surface area contributed by atoms with Gasteiger partial charge in [0.05, 0.1) is 24.9 Å². The zero-order chi connectivity index (χ0) is 7.84. The van der Waals surface area contributed by atoms with Gasteiger partial charge in [0.2, 0.25) is 0 Å². The van der Waals surface area contributed by atoms with E-state index in [0.29, 0.717) is 12.5 Å². The lowest BCUT2D eigenvalue weighted by Crippen LogP contribution is -2.21. The summed E-state index contributed by atoms with van der Waals surface area (Å²) >= 11 is 0. The Morgan fingerprint density at radius 2 is 2.27 bits per heavy atom. The molecule has 1 N–H and O–H groups in total. The molecule has 1 saturated heterocycles. The fourth-order valence-corrected chi connectivity index (χ4v) is 2.17. The molecule has 0 unspecified atom stereocenters. The quantitative estimate of drug-likeness (QED) is 0.591. The normalized spacial score (nSPS) is 49.6. The first-order valence-electron chi connectivity index (χ1n) is 4.13. The van der Waals surface area contributed by atoms with Gasteiger partial charge in [0.25, 0.3) is 0 Å². The Hall–Kier alpha value is -0.120. The van der Waals surface area contributed by atoms with Gasteiger partial charge in [0.15, 0.2) is 0 Å². The van der Waals surface area contributed by atoms with Crippen LogP contribution in [0.5, 0.6) is 0 Å². The lowest BCUT2D eigenvalue weighted by molar-refractivity contribution is 0.0401. The van der Waals surface area contributed by atoms with E-state index in [0.717, 1.165) is 12.8 Å². The average Bonchev–Trinajstić information content (AvgIpc) is 2.45. The fraction of sp³-hybridized carbons (Fsp3) is 1.00. The van der Waals surface area contributed by atoms with Gasteiger partial charge in [0.1, 0.15) is 0 Å². The van der Waals surface area contributed by atoms with E-state index in [1.54, 1.807) is 7.11 Å². The Morgan fingerprint density at radius 1 is 1.45 bits per heavy atom. The Balaban J connectivity index is 2.01. The molecular formula is C8H14O3. The van der Waals surface area contributed by atoms with Gasteiger partial charge in [0, 0.05) is 13.0 Å². The molecule has 11 heavy (non-hydrogen) atoms. The van der Waals surface area contributed by atoms with Gasteiger partial charge in [-0.15, -0.1) is 0 Å². The predicted molar refractivity (Wildman–Crippen MR) is 39.3 cm³/mol. The molecule has 2 rings (SSSR count). The zero-order valence-corrected chi connectivity index (χ0v) is 6.69. The molecular weight excluding hydrogens is 144 g/mol. The highest BCUT2D eigenvalue weighted by molar-refractivity contribution is 4.93. The predicted octanol–water partition coefficient (Wildman–Crippen LogP) is 0.171. The summed E-state index contributed by atoms with van der Waals surface area (Å²) in [4.78, 5) is 0. The molecule has 4 atom stereocenters. The van der Waals surface area contributed by atoms with Crippen molar-refractivity contribution in [1.29, 1.82) is 0 Å². The molecule has 0 amide bonds. The largest absolute Gasteiger partial charge is 0.393 e. The summed E-state index contributed by atoms with van der Waals surface area (Å²) in [7, 11) is 1.71. The lowest BCUT2D eigenvalue weighted by atomic mass is 10.0. The van der Waals surface area contributed by atoms with Crippen LogP contribution in [0.15, 0.2) is 0 Å². The summed E-state index contributed by atoms with van der Waals surface area (Å²) in [6, 6.07) is 0. The van der Waals surface area contributed by atoms with Crippen LogP contribution in [0.4, 0.5) is 0 Å². The Morgan fingerprint density at radius 3 is 3.00 bits per heavy atom. The van der Waals surface area contributed by atoms with Crippen LogP contribution < -0.4 is 0 Å². The molecule has 3 nitrogen and oxygen atoms in total. The van der Waals surface area contributed by atoms with E-state index in [9.17, 15) is 5.11 Å². The van der Waals surface area contributed by atoms with Crippen LogP contribution in [0.1, 0.15) is 12.8 Å². The van der Waals surface area contributed by atoms with Crippen molar-refractivity contribution in [2.24, 2.45) is 5.92 Å². The van der Waals surface area contributed by atoms with Crippen LogP contribution in [0, 0.1) is 5.92 Å². The van der Waals surface area contributed by atoms with E-state index in [1.807, 2.05) is 0 Å². The third kappa shape index (κ3) is 1.17. The van der Waals surface area contributed by atoms with Crippen molar-refractivity contribution in [1.82, 2.24) is 0 Å². The van der Waals surface area contributed by atoms with Gasteiger partial charge in [-0.25, -0.2) is 0 Å². The average molecular weight is 158 g/mol. The monoisotopic (exact) mass is 158 g/mol. The van der Waals surface area contributed by atoms with Crippen LogP contribution in [-0.4, -0.2) is 37.1 Å². The summed E-state index contributed by atoms with van der Waals surface area (Å²) in [5.41, 5.74) is 0. The molecule has 0 aromatic carbocycles. The molecule has 1 aliphatic carbocycles. The first kappa shape index (κ1) is 7.53. The third-order valence-electron chi connectivity index (χ3n) is 2.78. The Kier molecular flexibility index (Phi) is 1.87. The van der Waals surface area contributed by atoms with Crippen LogP contribution in [0.2, 0.25) is 0 Å². The molecule has 0 aromatic heterocycles. The summed E-state index contributed by atoms with van der Waals surface area (Å²) in [6.45, 7) is 0.707. The highest BCUT2D eigenvalue weighted by Crippen LogP contribution is 2.37. The number of ether oxygens (including phenoxy) is 2. The van der Waals surface area contributed by atoms with Crippen LogP contribution in [0.3, 0.4) is 0 Å². The van der Waals surface area contributed by atoms with E-state index in [4.69, 9.17) is 9.47 Å². The minimum Gasteiger partial charge on any atom is -0.393 e. The molecule has 1 saturated carbocycles. The highest BCUT2D eigenvalue weighted by atomic mass is 16.5. The molecule has 2 aliphatic rings. The maximum absolute atomic E-state index is 9.31. The van der Waals surface area contributed by atoms with Crippen LogP contribution >= 0.6 is 0 Å². The van der Waals surface area contributed by atoms with Crippen molar-refractivity contribution < 1.29 is 14.6 Å². The van der Waals surface area contributed by atoms with E-state index in [1.165, 1.54) is 0 Å². The van der Waals surface area contributed by atoms with Gasteiger partial charge in [-0.05, 0) is 12.8 Å². The first-order valence-corrected chi connectivity index (χ1v) is 4.13. The summed E-state index contributed by atoms with van der Waals surface area (Å²) in [5, 5.41) is 9.31. The second kappa shape index (κ2) is 2.73. The standard InChI is InChI=1S/C8H14O3/c1-10-8-4-11-7-3-5(9)2-6(7)8/h5-9H,2-4H2,1H3/t5-,6+,7-,8+/m1/s1. The number of rotatable bonds is 1. The smallest absolute Gasteiger partial charge is 0.0858 e. The molecule has 0 bridgehead atoms. The number of fused-ring (bicyclic) bond motifs is 1. The second-order valence-corrected chi connectivity index (χ2v) is 3.44. The molecule has 0 aromatic rings. The Labute approximate surface area is 66.3 Å². The summed E-state index contributed by atoms with van der Waals surface area (Å²) < 4.78 is 10.7. The number of methoxy groups -OCH3 is 1. The zero-order valence-electron chi connectivity index (χ0n) is 6.69. The van der Waals surface area contributed by atoms with E-state index in [2.05, 4.69) is 0 Å². The van der Waals surface area contributed by atoms with Crippen molar-refractivity contribution in [3.05, 3.63) is 0 Å². The first-order chi connectivity index (χ1) is 5.31. The van der Waals surface area contributed by atoms with Crippen molar-refractivity contribution in [3.8, 4) is 0 Å². The summed E-state index contributed by atoms with van der Waals surface area (Å²) in [5.74, 6) is 0.440. The van der Waals surface area contributed by atoms with Crippen molar-refractivity contribution in [3.63, 3.8) is 0 Å². The van der Waals surface area contributed by atoms with Crippen molar-refractivity contribution in [2.45, 2.75) is 31.2 Å². The number of aliphatic hydroxyl groups is 1. The topological polar surface area (TPSA) is 38.7 Å². The van der Waals surface area contributed by atoms with E-state index < -0.39 is 0 Å². The van der Waals surface area contributed by atoms with Gasteiger partial charge in [-0.2, -0.15) is 0 Å². The minimum atomic E-state index is -0.164. The molecule has 0 spiro atoms. The van der Waals surface area contributed by atoms with Crippen molar-refractivity contribution in [2.75, 3.05) is 13.7 Å². The SMILES string of the molecule is CO[C@H]1CO[C@@H]2C[C@H](O)C[C@H]12.